The van der Waals surface area contributed by atoms with Crippen molar-refractivity contribution in [3.8, 4) is 0 Å². The minimum absolute atomic E-state index is 0.650. The van der Waals surface area contributed by atoms with Crippen molar-refractivity contribution in [2.45, 2.75) is 39.2 Å². The fourth-order valence-electron chi connectivity index (χ4n) is 1.82. The first-order valence-electron chi connectivity index (χ1n) is 5.42. The largest absolute Gasteiger partial charge is 0.316 e. The quantitative estimate of drug-likeness (QED) is 0.654. The zero-order valence-electron chi connectivity index (χ0n) is 9.93. The Morgan fingerprint density at radius 3 is 2.31 bits per heavy atom. The summed E-state index contributed by atoms with van der Waals surface area (Å²) in [6.45, 7) is 5.75. The van der Waals surface area contributed by atoms with Crippen LogP contribution in [0.4, 0.5) is 0 Å². The van der Waals surface area contributed by atoms with Crippen LogP contribution in [0.1, 0.15) is 33.1 Å². The van der Waals surface area contributed by atoms with Crippen molar-refractivity contribution in [1.29, 1.82) is 0 Å². The van der Waals surface area contributed by atoms with Crippen molar-refractivity contribution in [3.63, 3.8) is 0 Å². The minimum atomic E-state index is 0.650. The van der Waals surface area contributed by atoms with Crippen molar-refractivity contribution >= 4 is 0 Å². The molecule has 0 radical (unpaired) electrons. The highest BCUT2D eigenvalue weighted by Gasteiger charge is 2.11. The normalized spacial score (nSPS) is 16.2. The van der Waals surface area contributed by atoms with Gasteiger partial charge in [0.1, 0.15) is 0 Å². The lowest BCUT2D eigenvalue weighted by molar-refractivity contribution is 0.305. The molecule has 0 aliphatic heterocycles. The first-order chi connectivity index (χ1) is 6.10. The highest BCUT2D eigenvalue weighted by molar-refractivity contribution is 4.70. The minimum Gasteiger partial charge on any atom is -0.316 e. The van der Waals surface area contributed by atoms with Crippen molar-refractivity contribution < 1.29 is 0 Å². The maximum atomic E-state index is 3.38. The smallest absolute Gasteiger partial charge is 0.0194 e. The molecule has 0 aromatic heterocycles. The van der Waals surface area contributed by atoms with Crippen LogP contribution in [0.3, 0.4) is 0 Å². The molecule has 0 heterocycles. The monoisotopic (exact) mass is 186 g/mol. The van der Waals surface area contributed by atoms with E-state index in [0.717, 1.165) is 12.5 Å². The number of rotatable bonds is 7. The Bertz CT molecular complexity index is 113. The number of nitrogens with one attached hydrogen (secondary N) is 1. The summed E-state index contributed by atoms with van der Waals surface area (Å²) in [4.78, 5) is 2.25. The van der Waals surface area contributed by atoms with Gasteiger partial charge in [-0.05, 0) is 33.5 Å². The molecular formula is C11H26N2. The van der Waals surface area contributed by atoms with Gasteiger partial charge in [-0.25, -0.2) is 0 Å². The Labute approximate surface area is 83.7 Å². The van der Waals surface area contributed by atoms with E-state index >= 15 is 0 Å². The fourth-order valence-corrected chi connectivity index (χ4v) is 1.82. The van der Waals surface area contributed by atoms with E-state index in [2.05, 4.69) is 45.2 Å². The second kappa shape index (κ2) is 7.34. The molecule has 0 saturated carbocycles. The summed E-state index contributed by atoms with van der Waals surface area (Å²) < 4.78 is 0. The Morgan fingerprint density at radius 2 is 1.92 bits per heavy atom. The van der Waals surface area contributed by atoms with Crippen LogP contribution < -0.4 is 5.32 Å². The Kier molecular flexibility index (Phi) is 7.29. The third kappa shape index (κ3) is 7.03. The van der Waals surface area contributed by atoms with Gasteiger partial charge in [-0.2, -0.15) is 0 Å². The second-order valence-corrected chi connectivity index (χ2v) is 4.38. The molecule has 0 aliphatic carbocycles. The van der Waals surface area contributed by atoms with Gasteiger partial charge in [0.15, 0.2) is 0 Å². The van der Waals surface area contributed by atoms with E-state index in [1.165, 1.54) is 19.3 Å². The first-order valence-corrected chi connectivity index (χ1v) is 5.42. The Balaban J connectivity index is 3.69. The molecule has 0 bridgehead atoms. The summed E-state index contributed by atoms with van der Waals surface area (Å²) in [5, 5.41) is 3.38. The molecule has 13 heavy (non-hydrogen) atoms. The molecule has 0 aromatic rings. The maximum Gasteiger partial charge on any atom is 0.0194 e. The van der Waals surface area contributed by atoms with Crippen molar-refractivity contribution in [2.24, 2.45) is 5.92 Å². The molecule has 0 aliphatic rings. The molecule has 2 unspecified atom stereocenters. The zero-order chi connectivity index (χ0) is 10.3. The summed E-state index contributed by atoms with van der Waals surface area (Å²) in [5.41, 5.74) is 0. The van der Waals surface area contributed by atoms with Gasteiger partial charge in [0.2, 0.25) is 0 Å². The molecule has 2 heteroatoms. The highest BCUT2D eigenvalue weighted by atomic mass is 15.1. The van der Waals surface area contributed by atoms with Crippen LogP contribution in [-0.2, 0) is 0 Å². The highest BCUT2D eigenvalue weighted by Crippen LogP contribution is 2.12. The average Bonchev–Trinajstić information content (AvgIpc) is 2.02. The SMILES string of the molecule is CCCC(C)CC(CN(C)C)NC. The van der Waals surface area contributed by atoms with E-state index in [9.17, 15) is 0 Å². The van der Waals surface area contributed by atoms with E-state index in [1.807, 2.05) is 0 Å². The lowest BCUT2D eigenvalue weighted by Gasteiger charge is -2.23. The number of hydrogen-bond donors (Lipinski definition) is 1. The van der Waals surface area contributed by atoms with Crippen molar-refractivity contribution in [3.05, 3.63) is 0 Å². The molecule has 80 valence electrons. The Hall–Kier alpha value is -0.0800. The van der Waals surface area contributed by atoms with Gasteiger partial charge in [0.25, 0.3) is 0 Å². The summed E-state index contributed by atoms with van der Waals surface area (Å²) in [7, 11) is 6.33. The van der Waals surface area contributed by atoms with Gasteiger partial charge in [0.05, 0.1) is 0 Å². The van der Waals surface area contributed by atoms with Gasteiger partial charge in [0, 0.05) is 12.6 Å². The van der Waals surface area contributed by atoms with Crippen molar-refractivity contribution in [2.75, 3.05) is 27.7 Å². The first kappa shape index (κ1) is 12.9. The predicted molar refractivity (Wildman–Crippen MR) is 60.1 cm³/mol. The lowest BCUT2D eigenvalue weighted by atomic mass is 9.97. The van der Waals surface area contributed by atoms with Crippen LogP contribution in [0.5, 0.6) is 0 Å². The number of nitrogens with zero attached hydrogens (tertiary/aromatic N) is 1. The molecule has 0 aromatic carbocycles. The van der Waals surface area contributed by atoms with E-state index in [-0.39, 0.29) is 0 Å². The van der Waals surface area contributed by atoms with Gasteiger partial charge >= 0.3 is 0 Å². The van der Waals surface area contributed by atoms with Gasteiger partial charge in [-0.15, -0.1) is 0 Å². The summed E-state index contributed by atoms with van der Waals surface area (Å²) in [6, 6.07) is 0.650. The molecule has 0 spiro atoms. The van der Waals surface area contributed by atoms with E-state index in [0.29, 0.717) is 6.04 Å². The topological polar surface area (TPSA) is 15.3 Å². The summed E-state index contributed by atoms with van der Waals surface area (Å²) in [6.07, 6.45) is 3.95. The number of likely N-dealkylation sites (N-methyl/N-ethyl adjacent to an activating group) is 2. The molecular weight excluding hydrogens is 160 g/mol. The number of hydrogen-bond acceptors (Lipinski definition) is 2. The van der Waals surface area contributed by atoms with E-state index < -0.39 is 0 Å². The van der Waals surface area contributed by atoms with Crippen molar-refractivity contribution in [1.82, 2.24) is 10.2 Å². The van der Waals surface area contributed by atoms with Gasteiger partial charge < -0.3 is 10.2 Å². The second-order valence-electron chi connectivity index (χ2n) is 4.38. The third-order valence-electron chi connectivity index (χ3n) is 2.46. The summed E-state index contributed by atoms with van der Waals surface area (Å²) >= 11 is 0. The molecule has 2 atom stereocenters. The fraction of sp³-hybridized carbons (Fsp3) is 1.00. The van der Waals surface area contributed by atoms with Crippen LogP contribution >= 0.6 is 0 Å². The standard InChI is InChI=1S/C11H26N2/c1-6-7-10(2)8-11(12-3)9-13(4)5/h10-12H,6-9H2,1-5H3. The molecule has 2 nitrogen and oxygen atoms in total. The summed E-state index contributed by atoms with van der Waals surface area (Å²) in [5.74, 6) is 0.849. The van der Waals surface area contributed by atoms with Gasteiger partial charge in [-0.3, -0.25) is 0 Å². The van der Waals surface area contributed by atoms with E-state index in [1.54, 1.807) is 0 Å². The lowest BCUT2D eigenvalue weighted by Crippen LogP contribution is -2.37. The third-order valence-corrected chi connectivity index (χ3v) is 2.46. The molecule has 0 amide bonds. The molecule has 0 rings (SSSR count). The van der Waals surface area contributed by atoms with E-state index in [4.69, 9.17) is 0 Å². The average molecular weight is 186 g/mol. The zero-order valence-corrected chi connectivity index (χ0v) is 9.93. The maximum absolute atomic E-state index is 3.38. The molecule has 0 saturated heterocycles. The van der Waals surface area contributed by atoms with Crippen LogP contribution in [0.25, 0.3) is 0 Å². The van der Waals surface area contributed by atoms with Crippen LogP contribution in [0.2, 0.25) is 0 Å². The van der Waals surface area contributed by atoms with Crippen LogP contribution in [0, 0.1) is 5.92 Å². The van der Waals surface area contributed by atoms with Crippen LogP contribution in [0.15, 0.2) is 0 Å². The van der Waals surface area contributed by atoms with Crippen LogP contribution in [-0.4, -0.2) is 38.6 Å². The predicted octanol–water partition coefficient (Wildman–Crippen LogP) is 1.96. The molecule has 1 N–H and O–H groups in total. The molecule has 0 fully saturated rings. The Morgan fingerprint density at radius 1 is 1.31 bits per heavy atom. The van der Waals surface area contributed by atoms with Gasteiger partial charge in [-0.1, -0.05) is 26.7 Å².